The van der Waals surface area contributed by atoms with Gasteiger partial charge in [0.25, 0.3) is 0 Å². The average Bonchev–Trinajstić information content (AvgIpc) is 2.28. The maximum atomic E-state index is 6.55. The molecule has 0 aromatic heterocycles. The van der Waals surface area contributed by atoms with Gasteiger partial charge in [-0.15, -0.1) is 0 Å². The second-order valence-electron chi connectivity index (χ2n) is 4.93. The lowest BCUT2D eigenvalue weighted by Gasteiger charge is -2.36. The summed E-state index contributed by atoms with van der Waals surface area (Å²) < 4.78 is 10.9. The summed E-state index contributed by atoms with van der Waals surface area (Å²) in [5.74, 6) is 0.909. The summed E-state index contributed by atoms with van der Waals surface area (Å²) in [6.07, 6.45) is 1.71. The van der Waals surface area contributed by atoms with Crippen LogP contribution >= 0.6 is 0 Å². The van der Waals surface area contributed by atoms with Gasteiger partial charge in [-0.2, -0.15) is 0 Å². The number of hydrogen-bond donors (Lipinski definition) is 1. The van der Waals surface area contributed by atoms with Gasteiger partial charge in [-0.05, 0) is 43.9 Å². The topological polar surface area (TPSA) is 44.5 Å². The number of methoxy groups -OCH3 is 1. The first-order valence-corrected chi connectivity index (χ1v) is 6.09. The lowest BCUT2D eigenvalue weighted by Crippen LogP contribution is -2.43. The van der Waals surface area contributed by atoms with Crippen LogP contribution in [0, 0.1) is 13.8 Å². The van der Waals surface area contributed by atoms with Crippen LogP contribution in [0.3, 0.4) is 0 Å². The molecule has 1 heterocycles. The van der Waals surface area contributed by atoms with E-state index < -0.39 is 0 Å². The van der Waals surface area contributed by atoms with Crippen molar-refractivity contribution in [2.75, 3.05) is 20.3 Å². The first-order chi connectivity index (χ1) is 8.07. The van der Waals surface area contributed by atoms with Crippen molar-refractivity contribution < 1.29 is 9.47 Å². The van der Waals surface area contributed by atoms with Crippen LogP contribution < -0.4 is 10.5 Å². The highest BCUT2D eigenvalue weighted by atomic mass is 16.5. The third-order valence-electron chi connectivity index (χ3n) is 3.55. The Morgan fingerprint density at radius 2 is 1.88 bits per heavy atom. The maximum absolute atomic E-state index is 6.55. The van der Waals surface area contributed by atoms with Gasteiger partial charge in [-0.3, -0.25) is 0 Å². The SMILES string of the molecule is COc1cc(C)cc(C)c1C1(N)CCOCC1. The average molecular weight is 235 g/mol. The van der Waals surface area contributed by atoms with E-state index in [1.807, 2.05) is 0 Å². The molecule has 94 valence electrons. The van der Waals surface area contributed by atoms with Crippen LogP contribution in [0.25, 0.3) is 0 Å². The van der Waals surface area contributed by atoms with Crippen molar-refractivity contribution in [1.29, 1.82) is 0 Å². The molecule has 0 atom stereocenters. The fourth-order valence-corrected chi connectivity index (χ4v) is 2.71. The zero-order chi connectivity index (χ0) is 12.5. The fraction of sp³-hybridized carbons (Fsp3) is 0.571. The number of ether oxygens (including phenoxy) is 2. The highest BCUT2D eigenvalue weighted by Crippen LogP contribution is 2.38. The molecule has 3 nitrogen and oxygen atoms in total. The van der Waals surface area contributed by atoms with E-state index in [-0.39, 0.29) is 5.54 Å². The van der Waals surface area contributed by atoms with Crippen LogP contribution in [0.5, 0.6) is 5.75 Å². The summed E-state index contributed by atoms with van der Waals surface area (Å²) in [5, 5.41) is 0. The standard InChI is InChI=1S/C14H21NO2/c1-10-8-11(2)13(12(9-10)16-3)14(15)4-6-17-7-5-14/h8-9H,4-7,15H2,1-3H3. The first kappa shape index (κ1) is 12.4. The molecule has 1 saturated heterocycles. The molecule has 2 N–H and O–H groups in total. The van der Waals surface area contributed by atoms with Gasteiger partial charge in [0, 0.05) is 24.3 Å². The molecule has 2 rings (SSSR count). The molecular formula is C14H21NO2. The van der Waals surface area contributed by atoms with E-state index in [0.29, 0.717) is 0 Å². The number of hydrogen-bond acceptors (Lipinski definition) is 3. The van der Waals surface area contributed by atoms with Gasteiger partial charge in [0.05, 0.1) is 7.11 Å². The predicted octanol–water partition coefficient (Wildman–Crippen LogP) is 2.28. The third kappa shape index (κ3) is 2.31. The van der Waals surface area contributed by atoms with Crippen LogP contribution in [0.15, 0.2) is 12.1 Å². The maximum Gasteiger partial charge on any atom is 0.124 e. The molecule has 0 aliphatic carbocycles. The molecule has 1 aliphatic rings. The van der Waals surface area contributed by atoms with Crippen LogP contribution in [0.4, 0.5) is 0 Å². The van der Waals surface area contributed by atoms with Crippen molar-refractivity contribution in [2.45, 2.75) is 32.2 Å². The number of aryl methyl sites for hydroxylation is 2. The summed E-state index contributed by atoms with van der Waals surface area (Å²) in [4.78, 5) is 0. The Hall–Kier alpha value is -1.06. The Morgan fingerprint density at radius 1 is 1.24 bits per heavy atom. The molecule has 0 saturated carbocycles. The Balaban J connectivity index is 2.49. The fourth-order valence-electron chi connectivity index (χ4n) is 2.71. The van der Waals surface area contributed by atoms with Gasteiger partial charge in [-0.25, -0.2) is 0 Å². The second kappa shape index (κ2) is 4.67. The molecule has 1 aromatic rings. The van der Waals surface area contributed by atoms with Crippen LogP contribution in [-0.4, -0.2) is 20.3 Å². The molecule has 17 heavy (non-hydrogen) atoms. The van der Waals surface area contributed by atoms with Crippen LogP contribution in [0.1, 0.15) is 29.5 Å². The molecule has 0 bridgehead atoms. The van der Waals surface area contributed by atoms with Crippen molar-refractivity contribution in [3.63, 3.8) is 0 Å². The van der Waals surface area contributed by atoms with Gasteiger partial charge in [0.2, 0.25) is 0 Å². The Labute approximate surface area is 103 Å². The summed E-state index contributed by atoms with van der Waals surface area (Å²) in [6.45, 7) is 5.64. The van der Waals surface area contributed by atoms with Gasteiger partial charge in [-0.1, -0.05) is 6.07 Å². The molecule has 1 aliphatic heterocycles. The van der Waals surface area contributed by atoms with Gasteiger partial charge in [0.1, 0.15) is 5.75 Å². The Bertz CT molecular complexity index is 409. The molecule has 0 amide bonds. The predicted molar refractivity (Wildman–Crippen MR) is 68.4 cm³/mol. The Morgan fingerprint density at radius 3 is 2.47 bits per heavy atom. The molecule has 3 heteroatoms. The quantitative estimate of drug-likeness (QED) is 0.855. The number of rotatable bonds is 2. The van der Waals surface area contributed by atoms with E-state index in [1.54, 1.807) is 7.11 Å². The molecule has 1 fully saturated rings. The van der Waals surface area contributed by atoms with Crippen molar-refractivity contribution in [3.05, 3.63) is 28.8 Å². The van der Waals surface area contributed by atoms with Crippen molar-refractivity contribution in [3.8, 4) is 5.75 Å². The molecule has 1 aromatic carbocycles. The minimum atomic E-state index is -0.304. The minimum absolute atomic E-state index is 0.304. The van der Waals surface area contributed by atoms with Crippen molar-refractivity contribution in [1.82, 2.24) is 0 Å². The van der Waals surface area contributed by atoms with Gasteiger partial charge < -0.3 is 15.2 Å². The van der Waals surface area contributed by atoms with Gasteiger partial charge in [0.15, 0.2) is 0 Å². The molecular weight excluding hydrogens is 214 g/mol. The molecule has 0 spiro atoms. The highest BCUT2D eigenvalue weighted by Gasteiger charge is 2.34. The van der Waals surface area contributed by atoms with E-state index in [2.05, 4.69) is 26.0 Å². The lowest BCUT2D eigenvalue weighted by molar-refractivity contribution is 0.0512. The van der Waals surface area contributed by atoms with Crippen LogP contribution in [0.2, 0.25) is 0 Å². The molecule has 0 radical (unpaired) electrons. The smallest absolute Gasteiger partial charge is 0.124 e. The monoisotopic (exact) mass is 235 g/mol. The minimum Gasteiger partial charge on any atom is -0.496 e. The zero-order valence-corrected chi connectivity index (χ0v) is 10.9. The Kier molecular flexibility index (Phi) is 3.40. The summed E-state index contributed by atoms with van der Waals surface area (Å²) in [5.41, 5.74) is 9.81. The van der Waals surface area contributed by atoms with E-state index in [4.69, 9.17) is 15.2 Å². The van der Waals surface area contributed by atoms with E-state index in [0.717, 1.165) is 37.4 Å². The van der Waals surface area contributed by atoms with E-state index in [9.17, 15) is 0 Å². The number of nitrogens with two attached hydrogens (primary N) is 1. The van der Waals surface area contributed by atoms with Crippen molar-refractivity contribution >= 4 is 0 Å². The van der Waals surface area contributed by atoms with Crippen LogP contribution in [-0.2, 0) is 10.3 Å². The zero-order valence-electron chi connectivity index (χ0n) is 10.9. The van der Waals surface area contributed by atoms with E-state index in [1.165, 1.54) is 11.1 Å². The van der Waals surface area contributed by atoms with Gasteiger partial charge >= 0.3 is 0 Å². The number of benzene rings is 1. The third-order valence-corrected chi connectivity index (χ3v) is 3.55. The molecule has 0 unspecified atom stereocenters. The van der Waals surface area contributed by atoms with Crippen molar-refractivity contribution in [2.24, 2.45) is 5.73 Å². The first-order valence-electron chi connectivity index (χ1n) is 6.09. The summed E-state index contributed by atoms with van der Waals surface area (Å²) >= 11 is 0. The lowest BCUT2D eigenvalue weighted by atomic mass is 9.80. The highest BCUT2D eigenvalue weighted by molar-refractivity contribution is 5.47. The summed E-state index contributed by atoms with van der Waals surface area (Å²) in [6, 6.07) is 4.23. The van der Waals surface area contributed by atoms with E-state index >= 15 is 0 Å². The largest absolute Gasteiger partial charge is 0.496 e. The normalized spacial score (nSPS) is 19.1. The second-order valence-corrected chi connectivity index (χ2v) is 4.93. The summed E-state index contributed by atoms with van der Waals surface area (Å²) in [7, 11) is 1.71.